The van der Waals surface area contributed by atoms with Gasteiger partial charge >= 0.3 is 6.18 Å². The summed E-state index contributed by atoms with van der Waals surface area (Å²) in [6.45, 7) is -0.705. The van der Waals surface area contributed by atoms with Crippen LogP contribution in [0.2, 0.25) is 0 Å². The van der Waals surface area contributed by atoms with Gasteiger partial charge in [-0.2, -0.15) is 13.2 Å². The van der Waals surface area contributed by atoms with Gasteiger partial charge in [0, 0.05) is 33.0 Å². The third-order valence-electron chi connectivity index (χ3n) is 0.702. The molecule has 0 amide bonds. The van der Waals surface area contributed by atoms with E-state index in [0.717, 1.165) is 7.11 Å². The summed E-state index contributed by atoms with van der Waals surface area (Å²) in [7, 11) is 1.09. The van der Waals surface area contributed by atoms with Crippen LogP contribution in [-0.2, 0) is 4.74 Å². The molecule has 0 heterocycles. The van der Waals surface area contributed by atoms with Crippen molar-refractivity contribution in [2.24, 2.45) is 0 Å². The third kappa shape index (κ3) is 5.37. The Morgan fingerprint density at radius 3 is 2.00 bits per heavy atom. The summed E-state index contributed by atoms with van der Waals surface area (Å²) < 4.78 is 38.0. The third-order valence-corrected chi connectivity index (χ3v) is 0.702. The summed E-state index contributed by atoms with van der Waals surface area (Å²) in [5.74, 6) is 0. The first-order valence-corrected chi connectivity index (χ1v) is 2.22. The van der Waals surface area contributed by atoms with E-state index in [1.165, 1.54) is 0 Å². The summed E-state index contributed by atoms with van der Waals surface area (Å²) in [6.07, 6.45) is -6.92. The SMILES string of the molecule is COCC(O)C(F)(F)F.[In]. The van der Waals surface area contributed by atoms with Crippen molar-refractivity contribution in [2.45, 2.75) is 12.3 Å². The summed E-state index contributed by atoms with van der Waals surface area (Å²) in [5, 5.41) is 8.14. The maximum atomic E-state index is 11.3. The Balaban J connectivity index is 0. The van der Waals surface area contributed by atoms with Crippen molar-refractivity contribution in [3.8, 4) is 0 Å². The monoisotopic (exact) mass is 259 g/mol. The molecule has 0 aliphatic heterocycles. The van der Waals surface area contributed by atoms with Crippen LogP contribution in [0.25, 0.3) is 0 Å². The van der Waals surface area contributed by atoms with Gasteiger partial charge in [0.15, 0.2) is 6.10 Å². The van der Waals surface area contributed by atoms with Crippen LogP contribution in [-0.4, -0.2) is 56.9 Å². The van der Waals surface area contributed by atoms with Crippen LogP contribution in [0.1, 0.15) is 0 Å². The average molecular weight is 259 g/mol. The number of aliphatic hydroxyl groups is 1. The standard InChI is InChI=1S/C4H7F3O2.In/c1-9-2-3(8)4(5,6)7;/h3,8H,2H2,1H3;. The van der Waals surface area contributed by atoms with Crippen molar-refractivity contribution < 1.29 is 23.0 Å². The first-order chi connectivity index (χ1) is 3.98. The van der Waals surface area contributed by atoms with Crippen molar-refractivity contribution in [1.82, 2.24) is 0 Å². The molecule has 10 heavy (non-hydrogen) atoms. The maximum Gasteiger partial charge on any atom is 0.416 e. The summed E-state index contributed by atoms with van der Waals surface area (Å²) in [4.78, 5) is 0. The predicted molar refractivity (Wildman–Crippen MR) is 29.7 cm³/mol. The fourth-order valence-electron chi connectivity index (χ4n) is 0.252. The van der Waals surface area contributed by atoms with E-state index < -0.39 is 18.9 Å². The molecule has 2 nitrogen and oxygen atoms in total. The zero-order valence-corrected chi connectivity index (χ0v) is 8.65. The molecule has 0 saturated carbocycles. The normalized spacial score (nSPS) is 14.1. The fraction of sp³-hybridized carbons (Fsp3) is 1.00. The molecule has 0 rings (SSSR count). The van der Waals surface area contributed by atoms with Crippen LogP contribution in [0.5, 0.6) is 0 Å². The molecule has 1 atom stereocenters. The number of ether oxygens (including phenoxy) is 1. The van der Waals surface area contributed by atoms with Crippen LogP contribution < -0.4 is 0 Å². The molecule has 59 valence electrons. The predicted octanol–water partition coefficient (Wildman–Crippen LogP) is 0.175. The second-order valence-corrected chi connectivity index (χ2v) is 1.51. The van der Waals surface area contributed by atoms with Crippen LogP contribution in [0.15, 0.2) is 0 Å². The van der Waals surface area contributed by atoms with Gasteiger partial charge in [-0.15, -0.1) is 0 Å². The molecule has 0 aromatic heterocycles. The van der Waals surface area contributed by atoms with E-state index in [2.05, 4.69) is 4.74 Å². The number of hydrogen-bond acceptors (Lipinski definition) is 2. The van der Waals surface area contributed by atoms with E-state index in [4.69, 9.17) is 5.11 Å². The van der Waals surface area contributed by atoms with Crippen molar-refractivity contribution >= 4 is 25.8 Å². The van der Waals surface area contributed by atoms with E-state index >= 15 is 0 Å². The van der Waals surface area contributed by atoms with E-state index in [1.807, 2.05) is 0 Å². The number of hydrogen-bond donors (Lipinski definition) is 1. The minimum Gasteiger partial charge on any atom is -0.382 e. The molecule has 0 spiro atoms. The van der Waals surface area contributed by atoms with Gasteiger partial charge in [-0.05, 0) is 0 Å². The minimum absolute atomic E-state index is 0. The largest absolute Gasteiger partial charge is 0.416 e. The Kier molecular flexibility index (Phi) is 6.94. The molecular weight excluding hydrogens is 252 g/mol. The Morgan fingerprint density at radius 1 is 1.50 bits per heavy atom. The first kappa shape index (κ1) is 13.2. The Hall–Kier alpha value is 0.580. The van der Waals surface area contributed by atoms with E-state index in [9.17, 15) is 13.2 Å². The fourth-order valence-corrected chi connectivity index (χ4v) is 0.252. The van der Waals surface area contributed by atoms with Gasteiger partial charge in [-0.3, -0.25) is 0 Å². The Morgan fingerprint density at radius 2 is 1.90 bits per heavy atom. The zero-order valence-electron chi connectivity index (χ0n) is 5.35. The van der Waals surface area contributed by atoms with E-state index in [0.29, 0.717) is 0 Å². The molecule has 0 saturated heterocycles. The molecule has 0 bridgehead atoms. The molecule has 1 unspecified atom stereocenters. The van der Waals surface area contributed by atoms with Crippen molar-refractivity contribution in [1.29, 1.82) is 0 Å². The van der Waals surface area contributed by atoms with Crippen molar-refractivity contribution in [3.05, 3.63) is 0 Å². The smallest absolute Gasteiger partial charge is 0.382 e. The van der Waals surface area contributed by atoms with Gasteiger partial charge in [0.05, 0.1) is 6.61 Å². The van der Waals surface area contributed by atoms with Gasteiger partial charge < -0.3 is 9.84 Å². The summed E-state index contributed by atoms with van der Waals surface area (Å²) >= 11 is 0. The Bertz CT molecular complexity index is 85.1. The molecule has 0 aromatic carbocycles. The molecule has 3 radical (unpaired) electrons. The Labute approximate surface area is 75.1 Å². The van der Waals surface area contributed by atoms with Gasteiger partial charge in [-0.25, -0.2) is 0 Å². The average Bonchev–Trinajstić information content (AvgIpc) is 1.64. The van der Waals surface area contributed by atoms with E-state index in [1.54, 1.807) is 0 Å². The number of rotatable bonds is 2. The first-order valence-electron chi connectivity index (χ1n) is 2.22. The maximum absolute atomic E-state index is 11.3. The summed E-state index contributed by atoms with van der Waals surface area (Å²) in [5.41, 5.74) is 0. The van der Waals surface area contributed by atoms with Crippen molar-refractivity contribution in [2.75, 3.05) is 13.7 Å². The van der Waals surface area contributed by atoms with E-state index in [-0.39, 0.29) is 25.8 Å². The second kappa shape index (κ2) is 5.26. The molecule has 0 aliphatic carbocycles. The minimum atomic E-state index is -4.56. The van der Waals surface area contributed by atoms with Gasteiger partial charge in [0.1, 0.15) is 0 Å². The number of alkyl halides is 3. The van der Waals surface area contributed by atoms with Crippen LogP contribution >= 0.6 is 0 Å². The van der Waals surface area contributed by atoms with Gasteiger partial charge in [0.2, 0.25) is 0 Å². The molecule has 0 aromatic rings. The second-order valence-electron chi connectivity index (χ2n) is 1.51. The number of aliphatic hydroxyl groups excluding tert-OH is 1. The van der Waals surface area contributed by atoms with Crippen molar-refractivity contribution in [3.63, 3.8) is 0 Å². The zero-order chi connectivity index (χ0) is 7.49. The number of methoxy groups -OCH3 is 1. The van der Waals surface area contributed by atoms with Gasteiger partial charge in [0.25, 0.3) is 0 Å². The molecule has 1 N–H and O–H groups in total. The topological polar surface area (TPSA) is 29.5 Å². The quantitative estimate of drug-likeness (QED) is 0.766. The number of halogens is 3. The van der Waals surface area contributed by atoms with Crippen LogP contribution in [0, 0.1) is 0 Å². The molecule has 0 fully saturated rings. The molecule has 0 aliphatic rings. The van der Waals surface area contributed by atoms with Crippen LogP contribution in [0.4, 0.5) is 13.2 Å². The summed E-state index contributed by atoms with van der Waals surface area (Å²) in [6, 6.07) is 0. The van der Waals surface area contributed by atoms with Crippen LogP contribution in [0.3, 0.4) is 0 Å². The van der Waals surface area contributed by atoms with Gasteiger partial charge in [-0.1, -0.05) is 0 Å². The molecule has 6 heteroatoms. The molecular formula is C4H7F3InO2.